The van der Waals surface area contributed by atoms with Crippen molar-refractivity contribution < 1.29 is 14.3 Å². The number of para-hydroxylation sites is 2. The summed E-state index contributed by atoms with van der Waals surface area (Å²) in [5, 5.41) is 0. The minimum Gasteiger partial charge on any atom is -0.478 e. The largest absolute Gasteiger partial charge is 0.478 e. The Hall–Kier alpha value is -3.02. The minimum absolute atomic E-state index is 0.154. The van der Waals surface area contributed by atoms with Crippen molar-refractivity contribution >= 4 is 17.7 Å². The molecule has 4 rings (SSSR count). The van der Waals surface area contributed by atoms with Crippen molar-refractivity contribution in [1.82, 2.24) is 4.90 Å². The Kier molecular flexibility index (Phi) is 3.09. The number of imide groups is 1. The molecular formula is C19H19N3O3. The predicted octanol–water partition coefficient (Wildman–Crippen LogP) is 3.07. The second kappa shape index (κ2) is 4.99. The molecule has 128 valence electrons. The first kappa shape index (κ1) is 15.5. The van der Waals surface area contributed by atoms with Crippen LogP contribution < -0.4 is 15.4 Å². The molecule has 2 aromatic carbocycles. The molecule has 0 aliphatic carbocycles. The number of ether oxygens (including phenoxy) is 1. The van der Waals surface area contributed by atoms with Gasteiger partial charge >= 0.3 is 12.1 Å². The van der Waals surface area contributed by atoms with Gasteiger partial charge < -0.3 is 10.5 Å². The summed E-state index contributed by atoms with van der Waals surface area (Å²) in [7, 11) is 0. The Labute approximate surface area is 145 Å². The van der Waals surface area contributed by atoms with Crippen LogP contribution in [0.25, 0.3) is 0 Å². The Morgan fingerprint density at radius 1 is 1.08 bits per heavy atom. The SMILES string of the molecule is CC1(c2ccccc2)Oc2ccccc2N2C(=O)N(C(N)=O)CC21C. The van der Waals surface area contributed by atoms with Gasteiger partial charge in [0.15, 0.2) is 5.60 Å². The molecule has 0 radical (unpaired) electrons. The number of nitrogens with zero attached hydrogens (tertiary/aromatic N) is 2. The molecule has 1 saturated heterocycles. The first-order chi connectivity index (χ1) is 11.9. The summed E-state index contributed by atoms with van der Waals surface area (Å²) in [5.74, 6) is 0.603. The first-order valence-corrected chi connectivity index (χ1v) is 8.13. The lowest BCUT2D eigenvalue weighted by molar-refractivity contribution is 0.00314. The number of benzene rings is 2. The molecule has 2 atom stereocenters. The van der Waals surface area contributed by atoms with Gasteiger partial charge in [-0.25, -0.2) is 14.5 Å². The van der Waals surface area contributed by atoms with Crippen LogP contribution in [0, 0.1) is 0 Å². The third kappa shape index (κ3) is 1.91. The molecule has 2 aliphatic rings. The molecule has 6 nitrogen and oxygen atoms in total. The molecule has 2 unspecified atom stereocenters. The van der Waals surface area contributed by atoms with E-state index in [9.17, 15) is 9.59 Å². The van der Waals surface area contributed by atoms with Crippen LogP contribution in [0.1, 0.15) is 19.4 Å². The zero-order chi connectivity index (χ0) is 17.8. The van der Waals surface area contributed by atoms with E-state index in [4.69, 9.17) is 10.5 Å². The van der Waals surface area contributed by atoms with Gasteiger partial charge in [0.25, 0.3) is 0 Å². The normalized spacial score (nSPS) is 27.5. The van der Waals surface area contributed by atoms with Gasteiger partial charge in [-0.15, -0.1) is 0 Å². The highest BCUT2D eigenvalue weighted by atomic mass is 16.5. The fourth-order valence-corrected chi connectivity index (χ4v) is 3.87. The summed E-state index contributed by atoms with van der Waals surface area (Å²) in [6.45, 7) is 4.03. The fourth-order valence-electron chi connectivity index (χ4n) is 3.87. The van der Waals surface area contributed by atoms with Gasteiger partial charge in [-0.05, 0) is 31.5 Å². The number of urea groups is 2. The molecule has 6 heteroatoms. The van der Waals surface area contributed by atoms with Crippen LogP contribution in [-0.2, 0) is 5.60 Å². The van der Waals surface area contributed by atoms with Crippen molar-refractivity contribution in [1.29, 1.82) is 0 Å². The number of rotatable bonds is 1. The molecule has 2 aromatic rings. The van der Waals surface area contributed by atoms with Crippen molar-refractivity contribution in [3.8, 4) is 5.75 Å². The van der Waals surface area contributed by atoms with E-state index in [1.807, 2.05) is 68.4 Å². The topological polar surface area (TPSA) is 75.9 Å². The van der Waals surface area contributed by atoms with Crippen molar-refractivity contribution in [2.24, 2.45) is 5.73 Å². The van der Waals surface area contributed by atoms with Crippen molar-refractivity contribution in [2.75, 3.05) is 11.4 Å². The second-order valence-electron chi connectivity index (χ2n) is 6.79. The molecule has 0 bridgehead atoms. The molecule has 0 saturated carbocycles. The maximum atomic E-state index is 13.0. The number of carbonyl (C=O) groups is 2. The van der Waals surface area contributed by atoms with Crippen LogP contribution >= 0.6 is 0 Å². The van der Waals surface area contributed by atoms with Gasteiger partial charge in [0, 0.05) is 0 Å². The fraction of sp³-hybridized carbons (Fsp3) is 0.263. The van der Waals surface area contributed by atoms with E-state index in [0.717, 1.165) is 10.5 Å². The van der Waals surface area contributed by atoms with Gasteiger partial charge in [-0.1, -0.05) is 42.5 Å². The number of hydrogen-bond donors (Lipinski definition) is 1. The number of amides is 4. The lowest BCUT2D eigenvalue weighted by Crippen LogP contribution is -2.64. The maximum absolute atomic E-state index is 13.0. The van der Waals surface area contributed by atoms with E-state index < -0.39 is 23.2 Å². The summed E-state index contributed by atoms with van der Waals surface area (Å²) in [6, 6.07) is 15.9. The number of anilines is 1. The van der Waals surface area contributed by atoms with E-state index in [2.05, 4.69) is 0 Å². The van der Waals surface area contributed by atoms with E-state index >= 15 is 0 Å². The summed E-state index contributed by atoms with van der Waals surface area (Å²) < 4.78 is 6.43. The summed E-state index contributed by atoms with van der Waals surface area (Å²) in [4.78, 5) is 27.5. The number of fused-ring (bicyclic) bond motifs is 3. The van der Waals surface area contributed by atoms with Gasteiger partial charge in [0.2, 0.25) is 0 Å². The Bertz CT molecular complexity index is 869. The number of primary amides is 1. The molecule has 25 heavy (non-hydrogen) atoms. The van der Waals surface area contributed by atoms with Gasteiger partial charge in [0.05, 0.1) is 12.2 Å². The average molecular weight is 337 g/mol. The monoisotopic (exact) mass is 337 g/mol. The minimum atomic E-state index is -0.845. The highest BCUT2D eigenvalue weighted by Gasteiger charge is 2.63. The van der Waals surface area contributed by atoms with Gasteiger partial charge in [0.1, 0.15) is 11.3 Å². The third-order valence-electron chi connectivity index (χ3n) is 5.42. The lowest BCUT2D eigenvalue weighted by atomic mass is 9.75. The zero-order valence-corrected chi connectivity index (χ0v) is 14.1. The number of nitrogens with two attached hydrogens (primary N) is 1. The van der Waals surface area contributed by atoms with E-state index in [-0.39, 0.29) is 6.54 Å². The van der Waals surface area contributed by atoms with E-state index in [1.165, 1.54) is 0 Å². The molecule has 0 aromatic heterocycles. The molecule has 4 amide bonds. The van der Waals surface area contributed by atoms with Crippen molar-refractivity contribution in [2.45, 2.75) is 25.0 Å². The Balaban J connectivity index is 1.97. The second-order valence-corrected chi connectivity index (χ2v) is 6.79. The van der Waals surface area contributed by atoms with Gasteiger partial charge in [-0.2, -0.15) is 0 Å². The van der Waals surface area contributed by atoms with Crippen LogP contribution in [0.5, 0.6) is 5.75 Å². The molecular weight excluding hydrogens is 318 g/mol. The number of carbonyl (C=O) groups excluding carboxylic acids is 2. The zero-order valence-electron chi connectivity index (χ0n) is 14.1. The summed E-state index contributed by atoms with van der Waals surface area (Å²) >= 11 is 0. The van der Waals surface area contributed by atoms with Crippen molar-refractivity contribution in [3.63, 3.8) is 0 Å². The molecule has 2 aliphatic heterocycles. The quantitative estimate of drug-likeness (QED) is 0.869. The Morgan fingerprint density at radius 3 is 2.40 bits per heavy atom. The Morgan fingerprint density at radius 2 is 1.72 bits per heavy atom. The standard InChI is InChI=1S/C19H19N3O3/c1-18-12-21(16(20)23)17(24)22(18)14-10-6-7-11-15(14)25-19(18,2)13-8-4-3-5-9-13/h3-11H,12H2,1-2H3,(H2,20,23). The lowest BCUT2D eigenvalue weighted by Gasteiger charge is -2.51. The van der Waals surface area contributed by atoms with Crippen LogP contribution in [-0.4, -0.2) is 29.0 Å². The van der Waals surface area contributed by atoms with Crippen LogP contribution in [0.15, 0.2) is 54.6 Å². The van der Waals surface area contributed by atoms with Crippen LogP contribution in [0.2, 0.25) is 0 Å². The maximum Gasteiger partial charge on any atom is 0.333 e. The first-order valence-electron chi connectivity index (χ1n) is 8.13. The average Bonchev–Trinajstić information content (AvgIpc) is 2.89. The summed E-state index contributed by atoms with van der Waals surface area (Å²) in [6.07, 6.45) is 0. The smallest absolute Gasteiger partial charge is 0.333 e. The highest BCUT2D eigenvalue weighted by molar-refractivity contribution is 6.06. The number of hydrogen-bond acceptors (Lipinski definition) is 3. The summed E-state index contributed by atoms with van der Waals surface area (Å²) in [5.41, 5.74) is 5.38. The van der Waals surface area contributed by atoms with Crippen LogP contribution in [0.4, 0.5) is 15.3 Å². The predicted molar refractivity (Wildman–Crippen MR) is 93.4 cm³/mol. The van der Waals surface area contributed by atoms with E-state index in [1.54, 1.807) is 4.90 Å². The molecule has 2 heterocycles. The van der Waals surface area contributed by atoms with Crippen molar-refractivity contribution in [3.05, 3.63) is 60.2 Å². The van der Waals surface area contributed by atoms with Gasteiger partial charge in [-0.3, -0.25) is 4.90 Å². The molecule has 0 spiro atoms. The van der Waals surface area contributed by atoms with E-state index in [0.29, 0.717) is 11.4 Å². The molecule has 1 fully saturated rings. The molecule has 2 N–H and O–H groups in total. The third-order valence-corrected chi connectivity index (χ3v) is 5.42. The van der Waals surface area contributed by atoms with Crippen LogP contribution in [0.3, 0.4) is 0 Å². The highest BCUT2D eigenvalue weighted by Crippen LogP contribution is 2.53.